The summed E-state index contributed by atoms with van der Waals surface area (Å²) in [5.74, 6) is 0.472. The Balaban J connectivity index is 1.49. The third-order valence-corrected chi connectivity index (χ3v) is 9.02. The monoisotopic (exact) mass is 484 g/mol. The van der Waals surface area contributed by atoms with Crippen LogP contribution in [0, 0.1) is 5.92 Å². The molecule has 0 radical (unpaired) electrons. The van der Waals surface area contributed by atoms with Crippen LogP contribution in [0.4, 0.5) is 0 Å². The average molecular weight is 485 g/mol. The lowest BCUT2D eigenvalue weighted by atomic mass is 9.89. The highest BCUT2D eigenvalue weighted by Gasteiger charge is 2.25. The zero-order chi connectivity index (χ0) is 22.1. The second-order valence-corrected chi connectivity index (χ2v) is 10.9. The van der Waals surface area contributed by atoms with E-state index in [-0.39, 0.29) is 5.28 Å². The van der Waals surface area contributed by atoms with Crippen LogP contribution in [0.25, 0.3) is 39.4 Å². The number of halogens is 1. The van der Waals surface area contributed by atoms with Gasteiger partial charge in [0.05, 0.1) is 0 Å². The van der Waals surface area contributed by atoms with Gasteiger partial charge < -0.3 is 4.42 Å². The Morgan fingerprint density at radius 3 is 2.61 bits per heavy atom. The zero-order valence-corrected chi connectivity index (χ0v) is 20.0. The van der Waals surface area contributed by atoms with Crippen molar-refractivity contribution >= 4 is 63.3 Å². The Bertz CT molecular complexity index is 1640. The minimum absolute atomic E-state index is 0.234. The first-order chi connectivity index (χ1) is 16.2. The lowest BCUT2D eigenvalue weighted by Gasteiger charge is -2.20. The van der Waals surface area contributed by atoms with Crippen LogP contribution in [0.15, 0.2) is 84.7 Å². The Morgan fingerprint density at radius 2 is 1.73 bits per heavy atom. The maximum Gasteiger partial charge on any atom is 0.223 e. The van der Waals surface area contributed by atoms with Crippen LogP contribution < -0.4 is 0 Å². The minimum atomic E-state index is 0.234. The Labute approximate surface area is 204 Å². The average Bonchev–Trinajstić information content (AvgIpc) is 3.21. The molecule has 0 spiro atoms. The largest absolute Gasteiger partial charge is 0.452 e. The molecule has 0 N–H and O–H groups in total. The summed E-state index contributed by atoms with van der Waals surface area (Å²) < 4.78 is 6.57. The molecule has 1 aliphatic heterocycles. The maximum atomic E-state index is 6.57. The fourth-order valence-corrected chi connectivity index (χ4v) is 7.24. The third-order valence-electron chi connectivity index (χ3n) is 6.24. The van der Waals surface area contributed by atoms with E-state index in [0.717, 1.165) is 34.2 Å². The van der Waals surface area contributed by atoms with Crippen molar-refractivity contribution in [2.45, 2.75) is 32.9 Å². The number of aromatic nitrogens is 2. The molecule has 1 unspecified atom stereocenters. The van der Waals surface area contributed by atoms with Gasteiger partial charge in [0.2, 0.25) is 5.28 Å². The number of furan rings is 1. The number of hydrogen-bond acceptors (Lipinski definition) is 5. The summed E-state index contributed by atoms with van der Waals surface area (Å²) in [6.07, 6.45) is 5.39. The van der Waals surface area contributed by atoms with Gasteiger partial charge in [-0.1, -0.05) is 72.9 Å². The molecule has 6 heteroatoms. The second-order valence-electron chi connectivity index (χ2n) is 8.46. The lowest BCUT2D eigenvalue weighted by molar-refractivity contribution is 0.646. The van der Waals surface area contributed by atoms with Crippen LogP contribution in [-0.4, -0.2) is 9.97 Å². The molecular weight excluding hydrogens is 468 g/mol. The molecule has 0 fully saturated rings. The van der Waals surface area contributed by atoms with E-state index in [0.29, 0.717) is 11.5 Å². The predicted octanol–water partition coefficient (Wildman–Crippen LogP) is 8.52. The SMILES string of the molecule is CC1C=Cc2ccc3c(oc4c(-c5cccc6c5Sc5ccccc5S6)nc(Cl)nc43)c2C1. The molecule has 3 heterocycles. The molecule has 0 saturated carbocycles. The summed E-state index contributed by atoms with van der Waals surface area (Å²) in [6.45, 7) is 2.23. The molecule has 0 saturated heterocycles. The highest BCUT2D eigenvalue weighted by atomic mass is 35.5. The number of rotatable bonds is 1. The van der Waals surface area contributed by atoms with Crippen molar-refractivity contribution < 1.29 is 4.42 Å². The summed E-state index contributed by atoms with van der Waals surface area (Å²) in [7, 11) is 0. The standard InChI is InChI=1S/C27H17ClN2OS2/c1-14-9-10-15-11-12-16-22-25(31-24(16)18(15)13-14)23(30-27(28)29-22)17-5-4-8-21-26(17)33-20-7-3-2-6-19(20)32-21/h2-12,14H,13H2,1H3. The molecule has 0 amide bonds. The Hall–Kier alpha value is -2.73. The zero-order valence-electron chi connectivity index (χ0n) is 17.6. The van der Waals surface area contributed by atoms with Crippen molar-refractivity contribution in [3.8, 4) is 11.3 Å². The van der Waals surface area contributed by atoms with Crippen molar-refractivity contribution in [3.63, 3.8) is 0 Å². The minimum Gasteiger partial charge on any atom is -0.452 e. The van der Waals surface area contributed by atoms with E-state index < -0.39 is 0 Å². The van der Waals surface area contributed by atoms with Gasteiger partial charge in [-0.2, -0.15) is 0 Å². The Morgan fingerprint density at radius 1 is 0.909 bits per heavy atom. The molecule has 1 aliphatic carbocycles. The summed E-state index contributed by atoms with van der Waals surface area (Å²) in [5.41, 5.74) is 6.58. The van der Waals surface area contributed by atoms with Crippen molar-refractivity contribution in [2.24, 2.45) is 5.92 Å². The Kier molecular flexibility index (Phi) is 4.41. The van der Waals surface area contributed by atoms with E-state index in [9.17, 15) is 0 Å². The van der Waals surface area contributed by atoms with Crippen LogP contribution in [-0.2, 0) is 6.42 Å². The van der Waals surface area contributed by atoms with Crippen LogP contribution in [0.5, 0.6) is 0 Å². The van der Waals surface area contributed by atoms with E-state index in [2.05, 4.69) is 83.6 Å². The van der Waals surface area contributed by atoms with Crippen LogP contribution >= 0.6 is 35.1 Å². The van der Waals surface area contributed by atoms with Gasteiger partial charge >= 0.3 is 0 Å². The predicted molar refractivity (Wildman–Crippen MR) is 136 cm³/mol. The molecule has 33 heavy (non-hydrogen) atoms. The van der Waals surface area contributed by atoms with E-state index >= 15 is 0 Å². The number of nitrogens with zero attached hydrogens (tertiary/aromatic N) is 2. The molecule has 2 aromatic heterocycles. The van der Waals surface area contributed by atoms with Gasteiger partial charge in [0.15, 0.2) is 5.58 Å². The first kappa shape index (κ1) is 19.7. The van der Waals surface area contributed by atoms with Crippen molar-refractivity contribution in [2.75, 3.05) is 0 Å². The van der Waals surface area contributed by atoms with Crippen LogP contribution in [0.1, 0.15) is 18.1 Å². The number of fused-ring (bicyclic) bond motifs is 7. The summed E-state index contributed by atoms with van der Waals surface area (Å²) >= 11 is 10.0. The van der Waals surface area contributed by atoms with Gasteiger partial charge in [-0.05, 0) is 53.8 Å². The second kappa shape index (κ2) is 7.39. The molecule has 3 nitrogen and oxygen atoms in total. The molecular formula is C27H17ClN2OS2. The van der Waals surface area contributed by atoms with Gasteiger partial charge in [0.1, 0.15) is 16.8 Å². The molecule has 5 aromatic rings. The lowest BCUT2D eigenvalue weighted by Crippen LogP contribution is -2.03. The quantitative estimate of drug-likeness (QED) is 0.219. The molecule has 3 aromatic carbocycles. The van der Waals surface area contributed by atoms with Crippen molar-refractivity contribution in [3.05, 3.63) is 77.1 Å². The fourth-order valence-electron chi connectivity index (χ4n) is 4.69. The normalized spacial score (nSPS) is 16.6. The van der Waals surface area contributed by atoms with Gasteiger partial charge in [-0.3, -0.25) is 0 Å². The molecule has 160 valence electrons. The smallest absolute Gasteiger partial charge is 0.223 e. The topological polar surface area (TPSA) is 38.9 Å². The third kappa shape index (κ3) is 3.07. The first-order valence-corrected chi connectivity index (χ1v) is 12.8. The van der Waals surface area contributed by atoms with E-state index in [4.69, 9.17) is 16.0 Å². The van der Waals surface area contributed by atoms with E-state index in [1.165, 1.54) is 30.7 Å². The number of benzene rings is 3. The summed E-state index contributed by atoms with van der Waals surface area (Å²) in [4.78, 5) is 14.2. The highest BCUT2D eigenvalue weighted by molar-refractivity contribution is 8.05. The fraction of sp³-hybridized carbons (Fsp3) is 0.111. The first-order valence-electron chi connectivity index (χ1n) is 10.8. The van der Waals surface area contributed by atoms with E-state index in [1.54, 1.807) is 23.5 Å². The molecule has 1 atom stereocenters. The number of allylic oxidation sites excluding steroid dienone is 1. The van der Waals surface area contributed by atoms with Crippen molar-refractivity contribution in [1.29, 1.82) is 0 Å². The maximum absolute atomic E-state index is 6.57. The summed E-state index contributed by atoms with van der Waals surface area (Å²) in [5, 5.41) is 1.23. The molecule has 7 rings (SSSR count). The number of hydrogen-bond donors (Lipinski definition) is 0. The van der Waals surface area contributed by atoms with Gasteiger partial charge in [-0.15, -0.1) is 0 Å². The van der Waals surface area contributed by atoms with Gasteiger partial charge in [0.25, 0.3) is 0 Å². The molecule has 0 bridgehead atoms. The van der Waals surface area contributed by atoms with Crippen LogP contribution in [0.3, 0.4) is 0 Å². The molecule has 2 aliphatic rings. The van der Waals surface area contributed by atoms with Gasteiger partial charge in [-0.25, -0.2) is 9.97 Å². The highest BCUT2D eigenvalue weighted by Crippen LogP contribution is 2.52. The van der Waals surface area contributed by atoms with Gasteiger partial charge in [0, 0.05) is 36.1 Å². The van der Waals surface area contributed by atoms with Crippen LogP contribution in [0.2, 0.25) is 5.28 Å². The van der Waals surface area contributed by atoms with Crippen molar-refractivity contribution in [1.82, 2.24) is 9.97 Å². The van der Waals surface area contributed by atoms with E-state index in [1.807, 2.05) is 0 Å². The summed E-state index contributed by atoms with van der Waals surface area (Å²) in [6, 6.07) is 19.1.